The Morgan fingerprint density at radius 3 is 2.66 bits per heavy atom. The first kappa shape index (κ1) is 22.5. The monoisotopic (exact) mass is 438 g/mol. The summed E-state index contributed by atoms with van der Waals surface area (Å²) in [4.78, 5) is 13.5. The molecule has 0 amide bonds. The number of aliphatic carboxylic acids is 1. The first-order valence-electron chi connectivity index (χ1n) is 11.5. The van der Waals surface area contributed by atoms with E-state index in [0.717, 1.165) is 42.9 Å². The van der Waals surface area contributed by atoms with Gasteiger partial charge in [-0.25, -0.2) is 0 Å². The minimum Gasteiger partial charge on any atom is -0.493 e. The maximum Gasteiger partial charge on any atom is 0.304 e. The molecule has 0 saturated carbocycles. The lowest BCUT2D eigenvalue weighted by molar-refractivity contribution is -0.137. The lowest BCUT2D eigenvalue weighted by atomic mass is 9.83. The van der Waals surface area contributed by atoms with Crippen LogP contribution in [0.4, 0.5) is 11.4 Å². The molecule has 0 aromatic heterocycles. The van der Waals surface area contributed by atoms with Gasteiger partial charge in [-0.15, -0.1) is 0 Å². The van der Waals surface area contributed by atoms with Crippen molar-refractivity contribution in [3.8, 4) is 5.75 Å². The number of fused-ring (bicyclic) bond motifs is 1. The van der Waals surface area contributed by atoms with Crippen LogP contribution in [0.5, 0.6) is 5.75 Å². The highest BCUT2D eigenvalue weighted by molar-refractivity contribution is 5.69. The van der Waals surface area contributed by atoms with Gasteiger partial charge >= 0.3 is 5.97 Å². The standard InChI is InChI=1S/C26H34N2O4/c1-17-18(5-4-6-23(17)28-11-9-20(10-12-28)26(2,3)31)15-27-21-7-8-22-19(13-25(29)30)16-32-24(22)14-21/h4-8,14,19-20,27,31H,9-13,15-16H2,1-3H3,(H,29,30). The fourth-order valence-corrected chi connectivity index (χ4v) is 4.99. The van der Waals surface area contributed by atoms with Crippen LogP contribution in [0.15, 0.2) is 36.4 Å². The Bertz CT molecular complexity index is 974. The van der Waals surface area contributed by atoms with Gasteiger partial charge in [0.2, 0.25) is 0 Å². The molecule has 0 spiro atoms. The normalized spacial score (nSPS) is 18.9. The van der Waals surface area contributed by atoms with Gasteiger partial charge in [0.25, 0.3) is 0 Å². The molecule has 3 N–H and O–H groups in total. The zero-order valence-electron chi connectivity index (χ0n) is 19.2. The summed E-state index contributed by atoms with van der Waals surface area (Å²) in [6, 6.07) is 12.4. The van der Waals surface area contributed by atoms with E-state index in [0.29, 0.717) is 19.1 Å². The highest BCUT2D eigenvalue weighted by Gasteiger charge is 2.31. The molecule has 2 heterocycles. The SMILES string of the molecule is Cc1c(CNc2ccc3c(c2)OCC3CC(=O)O)cccc1N1CCC(C(C)(C)O)CC1. The summed E-state index contributed by atoms with van der Waals surface area (Å²) in [7, 11) is 0. The smallest absolute Gasteiger partial charge is 0.304 e. The third-order valence-electron chi connectivity index (χ3n) is 7.05. The van der Waals surface area contributed by atoms with E-state index >= 15 is 0 Å². The molecule has 6 heteroatoms. The van der Waals surface area contributed by atoms with Crippen LogP contribution in [0.25, 0.3) is 0 Å². The van der Waals surface area contributed by atoms with Gasteiger partial charge in [0.1, 0.15) is 5.75 Å². The minimum atomic E-state index is -0.798. The van der Waals surface area contributed by atoms with E-state index in [1.165, 1.54) is 16.8 Å². The average Bonchev–Trinajstić information content (AvgIpc) is 3.14. The van der Waals surface area contributed by atoms with Crippen LogP contribution in [0.2, 0.25) is 0 Å². The van der Waals surface area contributed by atoms with Gasteiger partial charge in [0.05, 0.1) is 18.6 Å². The number of aliphatic hydroxyl groups is 1. The Morgan fingerprint density at radius 1 is 1.22 bits per heavy atom. The molecule has 4 rings (SSSR count). The van der Waals surface area contributed by atoms with E-state index in [1.54, 1.807) is 0 Å². The van der Waals surface area contributed by atoms with Crippen molar-refractivity contribution in [2.45, 2.75) is 58.1 Å². The number of ether oxygens (including phenoxy) is 1. The summed E-state index contributed by atoms with van der Waals surface area (Å²) in [5.74, 6) is 0.256. The lowest BCUT2D eigenvalue weighted by Gasteiger charge is -2.39. The zero-order valence-corrected chi connectivity index (χ0v) is 19.2. The summed E-state index contributed by atoms with van der Waals surface area (Å²) in [6.07, 6.45) is 2.10. The van der Waals surface area contributed by atoms with Crippen molar-refractivity contribution in [3.05, 3.63) is 53.1 Å². The first-order valence-corrected chi connectivity index (χ1v) is 11.5. The maximum atomic E-state index is 11.0. The third-order valence-corrected chi connectivity index (χ3v) is 7.05. The summed E-state index contributed by atoms with van der Waals surface area (Å²) < 4.78 is 5.73. The van der Waals surface area contributed by atoms with Crippen molar-refractivity contribution < 1.29 is 19.7 Å². The quantitative estimate of drug-likeness (QED) is 0.589. The number of hydrogen-bond acceptors (Lipinski definition) is 5. The van der Waals surface area contributed by atoms with Crippen molar-refractivity contribution >= 4 is 17.3 Å². The number of anilines is 2. The molecule has 2 aliphatic rings. The van der Waals surface area contributed by atoms with Gasteiger partial charge in [0, 0.05) is 48.6 Å². The number of benzene rings is 2. The lowest BCUT2D eigenvalue weighted by Crippen LogP contribution is -2.42. The Hall–Kier alpha value is -2.73. The minimum absolute atomic E-state index is 0.0731. The molecule has 2 aromatic carbocycles. The third kappa shape index (κ3) is 4.85. The number of hydrogen-bond donors (Lipinski definition) is 3. The molecule has 1 unspecified atom stereocenters. The molecule has 1 atom stereocenters. The predicted octanol–water partition coefficient (Wildman–Crippen LogP) is 4.55. The van der Waals surface area contributed by atoms with Crippen LogP contribution < -0.4 is 15.0 Å². The van der Waals surface area contributed by atoms with Crippen molar-refractivity contribution in [1.82, 2.24) is 0 Å². The van der Waals surface area contributed by atoms with Crippen LogP contribution in [0, 0.1) is 12.8 Å². The van der Waals surface area contributed by atoms with E-state index in [2.05, 4.69) is 35.3 Å². The summed E-state index contributed by atoms with van der Waals surface area (Å²) in [5, 5.41) is 22.9. The van der Waals surface area contributed by atoms with E-state index in [9.17, 15) is 9.90 Å². The fraction of sp³-hybridized carbons (Fsp3) is 0.500. The molecular formula is C26H34N2O4. The molecule has 1 fully saturated rings. The molecule has 2 aromatic rings. The van der Waals surface area contributed by atoms with Crippen LogP contribution in [-0.2, 0) is 11.3 Å². The highest BCUT2D eigenvalue weighted by atomic mass is 16.5. The molecule has 0 radical (unpaired) electrons. The number of carboxylic acids is 1. The van der Waals surface area contributed by atoms with Gasteiger partial charge in [-0.2, -0.15) is 0 Å². The van der Waals surface area contributed by atoms with E-state index < -0.39 is 11.6 Å². The van der Waals surface area contributed by atoms with E-state index in [1.807, 2.05) is 32.0 Å². The molecule has 1 saturated heterocycles. The number of nitrogens with zero attached hydrogens (tertiary/aromatic N) is 1. The Labute approximate surface area is 190 Å². The molecule has 2 aliphatic heterocycles. The summed E-state index contributed by atoms with van der Waals surface area (Å²) in [6.45, 7) is 9.07. The molecule has 172 valence electrons. The molecule has 0 bridgehead atoms. The van der Waals surface area contributed by atoms with Crippen molar-refractivity contribution in [3.63, 3.8) is 0 Å². The largest absolute Gasteiger partial charge is 0.493 e. The second kappa shape index (κ2) is 9.02. The summed E-state index contributed by atoms with van der Waals surface area (Å²) >= 11 is 0. The first-order chi connectivity index (χ1) is 15.2. The predicted molar refractivity (Wildman–Crippen MR) is 127 cm³/mol. The van der Waals surface area contributed by atoms with Crippen LogP contribution in [-0.4, -0.2) is 41.5 Å². The molecular weight excluding hydrogens is 404 g/mol. The highest BCUT2D eigenvalue weighted by Crippen LogP contribution is 2.38. The summed E-state index contributed by atoms with van der Waals surface area (Å²) in [5.41, 5.74) is 5.13. The Balaban J connectivity index is 1.40. The van der Waals surface area contributed by atoms with Gasteiger partial charge in [-0.3, -0.25) is 4.79 Å². The fourth-order valence-electron chi connectivity index (χ4n) is 4.99. The van der Waals surface area contributed by atoms with E-state index in [-0.39, 0.29) is 12.3 Å². The number of carbonyl (C=O) groups is 1. The van der Waals surface area contributed by atoms with E-state index in [4.69, 9.17) is 9.84 Å². The Morgan fingerprint density at radius 2 is 1.97 bits per heavy atom. The second-order valence-corrected chi connectivity index (χ2v) is 9.69. The number of nitrogens with one attached hydrogen (secondary N) is 1. The van der Waals surface area contributed by atoms with Crippen molar-refractivity contribution in [2.75, 3.05) is 29.9 Å². The number of piperidine rings is 1. The average molecular weight is 439 g/mol. The van der Waals surface area contributed by atoms with Crippen molar-refractivity contribution in [2.24, 2.45) is 5.92 Å². The maximum absolute atomic E-state index is 11.0. The second-order valence-electron chi connectivity index (χ2n) is 9.69. The van der Waals surface area contributed by atoms with Crippen molar-refractivity contribution in [1.29, 1.82) is 0 Å². The van der Waals surface area contributed by atoms with Gasteiger partial charge in [-0.05, 0) is 62.8 Å². The molecule has 32 heavy (non-hydrogen) atoms. The molecule has 0 aliphatic carbocycles. The van der Waals surface area contributed by atoms with Crippen LogP contribution in [0.1, 0.15) is 55.7 Å². The number of carboxylic acid groups (broad SMARTS) is 1. The van der Waals surface area contributed by atoms with Gasteiger partial charge < -0.3 is 25.2 Å². The van der Waals surface area contributed by atoms with Gasteiger partial charge in [0.15, 0.2) is 0 Å². The van der Waals surface area contributed by atoms with Crippen LogP contribution >= 0.6 is 0 Å². The number of rotatable bonds is 7. The van der Waals surface area contributed by atoms with Crippen LogP contribution in [0.3, 0.4) is 0 Å². The molecule has 6 nitrogen and oxygen atoms in total. The topological polar surface area (TPSA) is 82.0 Å². The zero-order chi connectivity index (χ0) is 22.9. The van der Waals surface area contributed by atoms with Gasteiger partial charge in [-0.1, -0.05) is 18.2 Å². The Kier molecular flexibility index (Phi) is 6.33.